The number of ether oxygens (including phenoxy) is 1. The molecule has 1 aromatic carbocycles. The molecule has 0 saturated heterocycles. The van der Waals surface area contributed by atoms with E-state index in [0.29, 0.717) is 10.6 Å². The first-order valence-electron chi connectivity index (χ1n) is 3.12. The number of phenolic OH excluding ortho intramolecular Hbond substituents is 1. The Balaban J connectivity index is 0. The van der Waals surface area contributed by atoms with E-state index in [-0.39, 0.29) is 63.0 Å². The zero-order valence-electron chi connectivity index (χ0n) is 6.78. The van der Waals surface area contributed by atoms with E-state index >= 15 is 0 Å². The average Bonchev–Trinajstić information content (AvgIpc) is 2.04. The SMILES string of the molecule is COC(=S)c1ccccc1O.[Hg].[NaH]. The third-order valence-electron chi connectivity index (χ3n) is 1.31. The minimum atomic E-state index is 0. The van der Waals surface area contributed by atoms with Crippen molar-refractivity contribution in [1.82, 2.24) is 0 Å². The van der Waals surface area contributed by atoms with Crippen LogP contribution in [0.4, 0.5) is 0 Å². The van der Waals surface area contributed by atoms with Crippen molar-refractivity contribution >= 4 is 46.8 Å². The molecule has 62 valence electrons. The minimum absolute atomic E-state index is 0. The molecule has 0 unspecified atom stereocenters. The van der Waals surface area contributed by atoms with Gasteiger partial charge in [0.05, 0.1) is 12.7 Å². The Bertz CT molecular complexity index is 281. The van der Waals surface area contributed by atoms with Gasteiger partial charge in [-0.05, 0) is 24.4 Å². The monoisotopic (exact) mass is 394 g/mol. The second-order valence-corrected chi connectivity index (χ2v) is 2.38. The fourth-order valence-corrected chi connectivity index (χ4v) is 0.929. The molecular weight excluding hydrogens is 384 g/mol. The molecule has 0 aliphatic carbocycles. The second-order valence-electron chi connectivity index (χ2n) is 2.01. The number of aromatic hydroxyl groups is 1. The van der Waals surface area contributed by atoms with Crippen molar-refractivity contribution in [3.63, 3.8) is 0 Å². The van der Waals surface area contributed by atoms with Crippen molar-refractivity contribution < 1.29 is 37.5 Å². The number of para-hydroxylation sites is 1. The van der Waals surface area contributed by atoms with Crippen LogP contribution in [-0.4, -0.2) is 46.8 Å². The van der Waals surface area contributed by atoms with E-state index in [1.165, 1.54) is 7.11 Å². The first-order chi connectivity index (χ1) is 5.25. The molecule has 1 rings (SSSR count). The van der Waals surface area contributed by atoms with Crippen LogP contribution in [0.25, 0.3) is 0 Å². The fraction of sp³-hybridized carbons (Fsp3) is 0.125. The van der Waals surface area contributed by atoms with Crippen molar-refractivity contribution in [1.29, 1.82) is 0 Å². The van der Waals surface area contributed by atoms with Gasteiger partial charge < -0.3 is 9.84 Å². The summed E-state index contributed by atoms with van der Waals surface area (Å²) in [6, 6.07) is 6.80. The Hall–Kier alpha value is 0.845. The summed E-state index contributed by atoms with van der Waals surface area (Å²) in [5.41, 5.74) is 0.560. The van der Waals surface area contributed by atoms with Crippen molar-refractivity contribution in [2.45, 2.75) is 0 Å². The predicted octanol–water partition coefficient (Wildman–Crippen LogP) is 1.06. The molecule has 0 aliphatic heterocycles. The zero-order valence-corrected chi connectivity index (χ0v) is 13.1. The first kappa shape index (κ1) is 16.3. The van der Waals surface area contributed by atoms with Gasteiger partial charge in [-0.3, -0.25) is 0 Å². The standard InChI is InChI=1S/C8H8O2S.Hg.Na.H/c1-10-8(11)6-4-2-3-5-7(6)9;;;/h2-5,9H,1H3;;;. The summed E-state index contributed by atoms with van der Waals surface area (Å²) >= 11 is 4.83. The van der Waals surface area contributed by atoms with Gasteiger partial charge in [0.25, 0.3) is 0 Å². The van der Waals surface area contributed by atoms with Crippen LogP contribution in [0.3, 0.4) is 0 Å². The Kier molecular flexibility index (Phi) is 10.2. The maximum atomic E-state index is 9.24. The molecule has 2 nitrogen and oxygen atoms in total. The molecule has 0 aromatic heterocycles. The van der Waals surface area contributed by atoms with Crippen molar-refractivity contribution in [2.75, 3.05) is 7.11 Å². The van der Waals surface area contributed by atoms with Gasteiger partial charge >= 0.3 is 29.6 Å². The molecule has 0 atom stereocenters. The van der Waals surface area contributed by atoms with E-state index in [1.807, 2.05) is 0 Å². The molecule has 0 aliphatic rings. The molecule has 0 spiro atoms. The van der Waals surface area contributed by atoms with Crippen LogP contribution in [0.5, 0.6) is 5.75 Å². The number of benzene rings is 1. The zero-order chi connectivity index (χ0) is 8.27. The summed E-state index contributed by atoms with van der Waals surface area (Å²) in [7, 11) is 1.48. The van der Waals surface area contributed by atoms with Crippen LogP contribution < -0.4 is 0 Å². The van der Waals surface area contributed by atoms with E-state index in [4.69, 9.17) is 17.0 Å². The van der Waals surface area contributed by atoms with Crippen LogP contribution in [0.1, 0.15) is 5.56 Å². The quantitative estimate of drug-likeness (QED) is 0.572. The molecule has 13 heavy (non-hydrogen) atoms. The van der Waals surface area contributed by atoms with E-state index in [2.05, 4.69) is 0 Å². The van der Waals surface area contributed by atoms with Gasteiger partial charge in [-0.2, -0.15) is 0 Å². The number of phenols is 1. The molecule has 5 heteroatoms. The molecular formula is C8H9HgNaO2S. The molecule has 1 aromatic rings. The van der Waals surface area contributed by atoms with E-state index in [1.54, 1.807) is 24.3 Å². The van der Waals surface area contributed by atoms with Crippen LogP contribution in [-0.2, 0) is 32.4 Å². The van der Waals surface area contributed by atoms with Crippen LogP contribution in [0.15, 0.2) is 24.3 Å². The summed E-state index contributed by atoms with van der Waals surface area (Å²) in [5.74, 6) is 0.152. The first-order valence-corrected chi connectivity index (χ1v) is 3.53. The number of hydrogen-bond donors (Lipinski definition) is 1. The van der Waals surface area contributed by atoms with Gasteiger partial charge in [0.1, 0.15) is 5.75 Å². The predicted molar refractivity (Wildman–Crippen MR) is 54.0 cm³/mol. The summed E-state index contributed by atoms with van der Waals surface area (Å²) < 4.78 is 4.79. The van der Waals surface area contributed by atoms with Crippen LogP contribution in [0, 0.1) is 0 Å². The number of rotatable bonds is 1. The van der Waals surface area contributed by atoms with Crippen molar-refractivity contribution in [3.8, 4) is 5.75 Å². The summed E-state index contributed by atoms with van der Waals surface area (Å²) in [6.45, 7) is 0. The van der Waals surface area contributed by atoms with Gasteiger partial charge in [0.2, 0.25) is 0 Å². The molecule has 0 radical (unpaired) electrons. The van der Waals surface area contributed by atoms with Gasteiger partial charge in [0.15, 0.2) is 5.05 Å². The second kappa shape index (κ2) is 8.18. The van der Waals surface area contributed by atoms with E-state index in [0.717, 1.165) is 0 Å². The molecule has 1 N–H and O–H groups in total. The molecule has 0 bridgehead atoms. The summed E-state index contributed by atoms with van der Waals surface area (Å²) in [6.07, 6.45) is 0. The van der Waals surface area contributed by atoms with Gasteiger partial charge in [0, 0.05) is 27.7 Å². The van der Waals surface area contributed by atoms with Gasteiger partial charge in [-0.1, -0.05) is 12.1 Å². The average molecular weight is 393 g/mol. The summed E-state index contributed by atoms with van der Waals surface area (Å²) in [5, 5.41) is 9.55. The Morgan fingerprint density at radius 2 is 1.92 bits per heavy atom. The number of thiocarbonyl (C=S) groups is 1. The topological polar surface area (TPSA) is 29.5 Å². The van der Waals surface area contributed by atoms with Crippen molar-refractivity contribution in [3.05, 3.63) is 29.8 Å². The summed E-state index contributed by atoms with van der Waals surface area (Å²) in [4.78, 5) is 0. The van der Waals surface area contributed by atoms with E-state index in [9.17, 15) is 5.11 Å². The molecule has 0 fully saturated rings. The molecule has 0 saturated carbocycles. The van der Waals surface area contributed by atoms with Gasteiger partial charge in [-0.25, -0.2) is 0 Å². The Labute approximate surface area is 125 Å². The van der Waals surface area contributed by atoms with E-state index < -0.39 is 0 Å². The van der Waals surface area contributed by atoms with Crippen molar-refractivity contribution in [2.24, 2.45) is 0 Å². The maximum absolute atomic E-state index is 9.24. The van der Waals surface area contributed by atoms with Gasteiger partial charge in [-0.15, -0.1) is 0 Å². The Morgan fingerprint density at radius 1 is 1.38 bits per heavy atom. The Morgan fingerprint density at radius 3 is 2.38 bits per heavy atom. The number of methoxy groups -OCH3 is 1. The van der Waals surface area contributed by atoms with Crippen LogP contribution >= 0.6 is 12.2 Å². The molecule has 0 amide bonds. The number of hydrogen-bond acceptors (Lipinski definition) is 3. The molecule has 0 heterocycles. The third kappa shape index (κ3) is 4.74. The fourth-order valence-electron chi connectivity index (χ4n) is 0.756. The van der Waals surface area contributed by atoms with Crippen LogP contribution in [0.2, 0.25) is 0 Å². The normalized spacial score (nSPS) is 7.77. The third-order valence-corrected chi connectivity index (χ3v) is 1.70.